The monoisotopic (exact) mass is 256 g/mol. The highest BCUT2D eigenvalue weighted by atomic mass is 16.5. The minimum Gasteiger partial charge on any atom is -0.496 e. The smallest absolute Gasteiger partial charge is 0.196 e. The van der Waals surface area contributed by atoms with Gasteiger partial charge in [0, 0.05) is 18.7 Å². The molecule has 0 aliphatic heterocycles. The number of carbonyl (C=O) groups excluding carboxylic acids is 1. The SMILES string of the molecule is CCc1cc(-c2ccnc(C(C)=O)n2)ccc1OC. The Morgan fingerprint density at radius 3 is 2.74 bits per heavy atom. The van der Waals surface area contributed by atoms with E-state index in [0.717, 1.165) is 29.0 Å². The molecule has 2 rings (SSSR count). The lowest BCUT2D eigenvalue weighted by atomic mass is 10.0. The third-order valence-electron chi connectivity index (χ3n) is 2.93. The van der Waals surface area contributed by atoms with E-state index in [9.17, 15) is 4.79 Å². The van der Waals surface area contributed by atoms with E-state index in [1.165, 1.54) is 6.92 Å². The summed E-state index contributed by atoms with van der Waals surface area (Å²) in [5.74, 6) is 0.976. The molecule has 4 nitrogen and oxygen atoms in total. The van der Waals surface area contributed by atoms with Crippen LogP contribution < -0.4 is 4.74 Å². The van der Waals surface area contributed by atoms with Crippen LogP contribution in [0.2, 0.25) is 0 Å². The van der Waals surface area contributed by atoms with Crippen LogP contribution in [0, 0.1) is 0 Å². The fourth-order valence-corrected chi connectivity index (χ4v) is 1.90. The Morgan fingerprint density at radius 2 is 2.11 bits per heavy atom. The van der Waals surface area contributed by atoms with Gasteiger partial charge < -0.3 is 4.74 Å². The molecule has 0 unspecified atom stereocenters. The Balaban J connectivity index is 2.47. The average Bonchev–Trinajstić information content (AvgIpc) is 2.46. The summed E-state index contributed by atoms with van der Waals surface area (Å²) in [6.45, 7) is 3.53. The molecule has 4 heteroatoms. The molecule has 0 amide bonds. The largest absolute Gasteiger partial charge is 0.496 e. The van der Waals surface area contributed by atoms with Gasteiger partial charge in [0.2, 0.25) is 0 Å². The number of nitrogens with zero attached hydrogens (tertiary/aromatic N) is 2. The lowest BCUT2D eigenvalue weighted by Gasteiger charge is -2.09. The molecule has 0 saturated carbocycles. The molecule has 0 atom stereocenters. The van der Waals surface area contributed by atoms with Crippen molar-refractivity contribution >= 4 is 5.78 Å². The molecule has 0 radical (unpaired) electrons. The van der Waals surface area contributed by atoms with E-state index < -0.39 is 0 Å². The Hall–Kier alpha value is -2.23. The van der Waals surface area contributed by atoms with Crippen LogP contribution in [-0.4, -0.2) is 22.9 Å². The number of benzene rings is 1. The van der Waals surface area contributed by atoms with Gasteiger partial charge in [-0.2, -0.15) is 0 Å². The standard InChI is InChI=1S/C15H16N2O2/c1-4-11-9-12(5-6-14(11)19-3)13-7-8-16-15(17-13)10(2)18/h5-9H,4H2,1-3H3. The van der Waals surface area contributed by atoms with Crippen molar-refractivity contribution in [3.8, 4) is 17.0 Å². The van der Waals surface area contributed by atoms with Crippen LogP contribution in [0.3, 0.4) is 0 Å². The van der Waals surface area contributed by atoms with Crippen LogP contribution in [-0.2, 0) is 6.42 Å². The zero-order chi connectivity index (χ0) is 13.8. The second-order valence-corrected chi connectivity index (χ2v) is 4.20. The molecule has 19 heavy (non-hydrogen) atoms. The first-order valence-electron chi connectivity index (χ1n) is 6.17. The molecule has 0 spiro atoms. The van der Waals surface area contributed by atoms with Crippen molar-refractivity contribution in [3.63, 3.8) is 0 Å². The van der Waals surface area contributed by atoms with E-state index in [1.54, 1.807) is 19.4 Å². The lowest BCUT2D eigenvalue weighted by Crippen LogP contribution is -2.01. The number of hydrogen-bond donors (Lipinski definition) is 0. The fraction of sp³-hybridized carbons (Fsp3) is 0.267. The van der Waals surface area contributed by atoms with E-state index in [4.69, 9.17) is 4.74 Å². The van der Waals surface area contributed by atoms with Crippen molar-refractivity contribution in [1.29, 1.82) is 0 Å². The Labute approximate surface area is 112 Å². The molecule has 0 fully saturated rings. The average molecular weight is 256 g/mol. The molecule has 0 aliphatic rings. The van der Waals surface area contributed by atoms with Crippen LogP contribution in [0.15, 0.2) is 30.5 Å². The first-order valence-corrected chi connectivity index (χ1v) is 6.17. The van der Waals surface area contributed by atoms with Gasteiger partial charge in [-0.15, -0.1) is 0 Å². The maximum atomic E-state index is 11.3. The van der Waals surface area contributed by atoms with Gasteiger partial charge in [-0.3, -0.25) is 4.79 Å². The highest BCUT2D eigenvalue weighted by Crippen LogP contribution is 2.25. The molecule has 0 N–H and O–H groups in total. The highest BCUT2D eigenvalue weighted by Gasteiger charge is 2.08. The topological polar surface area (TPSA) is 52.1 Å². The zero-order valence-corrected chi connectivity index (χ0v) is 11.3. The molecular weight excluding hydrogens is 240 g/mol. The molecule has 0 saturated heterocycles. The first-order chi connectivity index (χ1) is 9.15. The number of aromatic nitrogens is 2. The second-order valence-electron chi connectivity index (χ2n) is 4.20. The number of ketones is 1. The van der Waals surface area contributed by atoms with Crippen LogP contribution in [0.4, 0.5) is 0 Å². The van der Waals surface area contributed by atoms with Gasteiger partial charge >= 0.3 is 0 Å². The number of Topliss-reactive ketones (excluding diaryl/α,β-unsaturated/α-hetero) is 1. The predicted octanol–water partition coefficient (Wildman–Crippen LogP) is 2.92. The molecule has 0 aliphatic carbocycles. The van der Waals surface area contributed by atoms with E-state index in [0.29, 0.717) is 0 Å². The number of methoxy groups -OCH3 is 1. The normalized spacial score (nSPS) is 10.3. The molecule has 1 heterocycles. The summed E-state index contributed by atoms with van der Waals surface area (Å²) in [5.41, 5.74) is 2.82. The number of aryl methyl sites for hydroxylation is 1. The lowest BCUT2D eigenvalue weighted by molar-refractivity contribution is 0.100. The predicted molar refractivity (Wildman–Crippen MR) is 73.4 cm³/mol. The van der Waals surface area contributed by atoms with Crippen molar-refractivity contribution in [2.45, 2.75) is 20.3 Å². The van der Waals surface area contributed by atoms with Gasteiger partial charge in [0.25, 0.3) is 0 Å². The molecule has 1 aromatic carbocycles. The van der Waals surface area contributed by atoms with Gasteiger partial charge in [-0.25, -0.2) is 9.97 Å². The second kappa shape index (κ2) is 5.61. The summed E-state index contributed by atoms with van der Waals surface area (Å²) in [6.07, 6.45) is 2.48. The maximum Gasteiger partial charge on any atom is 0.196 e. The van der Waals surface area contributed by atoms with Crippen LogP contribution in [0.1, 0.15) is 30.0 Å². The third-order valence-corrected chi connectivity index (χ3v) is 2.93. The van der Waals surface area contributed by atoms with E-state index in [-0.39, 0.29) is 11.6 Å². The highest BCUT2D eigenvalue weighted by molar-refractivity contribution is 5.90. The van der Waals surface area contributed by atoms with Crippen molar-refractivity contribution in [2.24, 2.45) is 0 Å². The quantitative estimate of drug-likeness (QED) is 0.789. The Morgan fingerprint density at radius 1 is 1.32 bits per heavy atom. The van der Waals surface area contributed by atoms with Gasteiger partial charge in [-0.05, 0) is 36.2 Å². The summed E-state index contributed by atoms with van der Waals surface area (Å²) >= 11 is 0. The fourth-order valence-electron chi connectivity index (χ4n) is 1.90. The minimum atomic E-state index is -0.133. The van der Waals surface area contributed by atoms with Gasteiger partial charge in [-0.1, -0.05) is 6.92 Å². The van der Waals surface area contributed by atoms with E-state index >= 15 is 0 Å². The van der Waals surface area contributed by atoms with Crippen LogP contribution in [0.25, 0.3) is 11.3 Å². The third kappa shape index (κ3) is 2.78. The minimum absolute atomic E-state index is 0.133. The first kappa shape index (κ1) is 13.2. The van der Waals surface area contributed by atoms with E-state index in [2.05, 4.69) is 16.9 Å². The van der Waals surface area contributed by atoms with Crippen molar-refractivity contribution in [1.82, 2.24) is 9.97 Å². The van der Waals surface area contributed by atoms with Gasteiger partial charge in [0.05, 0.1) is 12.8 Å². The maximum absolute atomic E-state index is 11.3. The Bertz CT molecular complexity index is 609. The zero-order valence-electron chi connectivity index (χ0n) is 11.3. The number of carbonyl (C=O) groups is 1. The molecule has 1 aromatic heterocycles. The number of hydrogen-bond acceptors (Lipinski definition) is 4. The summed E-state index contributed by atoms with van der Waals surface area (Å²) in [6, 6.07) is 7.69. The van der Waals surface area contributed by atoms with Gasteiger partial charge in [0.15, 0.2) is 11.6 Å². The molecule has 0 bridgehead atoms. The summed E-state index contributed by atoms with van der Waals surface area (Å²) in [7, 11) is 1.66. The van der Waals surface area contributed by atoms with Crippen LogP contribution >= 0.6 is 0 Å². The molecular formula is C15H16N2O2. The summed E-state index contributed by atoms with van der Waals surface area (Å²) in [4.78, 5) is 19.5. The number of rotatable bonds is 4. The molecule has 98 valence electrons. The summed E-state index contributed by atoms with van der Waals surface area (Å²) in [5, 5.41) is 0. The van der Waals surface area contributed by atoms with Crippen LogP contribution in [0.5, 0.6) is 5.75 Å². The van der Waals surface area contributed by atoms with Gasteiger partial charge in [0.1, 0.15) is 5.75 Å². The Kier molecular flexibility index (Phi) is 3.90. The summed E-state index contributed by atoms with van der Waals surface area (Å²) < 4.78 is 5.30. The van der Waals surface area contributed by atoms with E-state index in [1.807, 2.05) is 18.2 Å². The van der Waals surface area contributed by atoms with Crippen molar-refractivity contribution in [3.05, 3.63) is 41.9 Å². The molecule has 2 aromatic rings. The van der Waals surface area contributed by atoms with Crippen molar-refractivity contribution in [2.75, 3.05) is 7.11 Å². The van der Waals surface area contributed by atoms with Crippen molar-refractivity contribution < 1.29 is 9.53 Å². The number of ether oxygens (including phenoxy) is 1.